The molecule has 0 fully saturated rings. The second-order valence-electron chi connectivity index (χ2n) is 9.12. The van der Waals surface area contributed by atoms with Crippen LogP contribution in [0.15, 0.2) is 42.5 Å². The van der Waals surface area contributed by atoms with Crippen molar-refractivity contribution in [3.63, 3.8) is 0 Å². The number of halogens is 1. The summed E-state index contributed by atoms with van der Waals surface area (Å²) in [5, 5.41) is 2.89. The molecule has 2 amide bonds. The van der Waals surface area contributed by atoms with Gasteiger partial charge >= 0.3 is 0 Å². The molecule has 3 rings (SSSR count). The fourth-order valence-electron chi connectivity index (χ4n) is 3.88. The zero-order valence-electron chi connectivity index (χ0n) is 21.6. The van der Waals surface area contributed by atoms with Gasteiger partial charge in [-0.1, -0.05) is 19.1 Å². The summed E-state index contributed by atoms with van der Waals surface area (Å²) in [6.45, 7) is 5.72. The van der Waals surface area contributed by atoms with Crippen LogP contribution in [0, 0.1) is 5.82 Å². The first-order valence-corrected chi connectivity index (χ1v) is 14.1. The molecule has 1 aliphatic rings. The molecule has 202 valence electrons. The van der Waals surface area contributed by atoms with Crippen LogP contribution in [0.25, 0.3) is 0 Å². The van der Waals surface area contributed by atoms with Crippen molar-refractivity contribution in [3.8, 4) is 11.5 Å². The minimum absolute atomic E-state index is 0.0126. The van der Waals surface area contributed by atoms with Crippen LogP contribution in [-0.4, -0.2) is 56.8 Å². The fourth-order valence-corrected chi connectivity index (χ4v) is 4.84. The van der Waals surface area contributed by atoms with Gasteiger partial charge < -0.3 is 19.7 Å². The van der Waals surface area contributed by atoms with Crippen LogP contribution in [0.1, 0.15) is 45.6 Å². The number of nitrogens with zero attached hydrogens (tertiary/aromatic N) is 2. The molecule has 1 aliphatic heterocycles. The number of carbonyl (C=O) groups is 2. The van der Waals surface area contributed by atoms with Crippen LogP contribution >= 0.6 is 0 Å². The molecule has 0 unspecified atom stereocenters. The van der Waals surface area contributed by atoms with Crippen molar-refractivity contribution in [2.75, 3.05) is 23.9 Å². The number of hydrogen-bond acceptors (Lipinski definition) is 6. The van der Waals surface area contributed by atoms with Crippen molar-refractivity contribution in [3.05, 3.63) is 53.8 Å². The van der Waals surface area contributed by atoms with Crippen molar-refractivity contribution >= 4 is 27.5 Å². The highest BCUT2D eigenvalue weighted by atomic mass is 32.2. The van der Waals surface area contributed by atoms with Crippen LogP contribution in [-0.2, 0) is 26.2 Å². The minimum Gasteiger partial charge on any atom is -0.454 e. The van der Waals surface area contributed by atoms with Gasteiger partial charge in [-0.15, -0.1) is 0 Å². The van der Waals surface area contributed by atoms with Crippen molar-refractivity contribution in [1.82, 2.24) is 10.2 Å². The smallest absolute Gasteiger partial charge is 0.242 e. The molecule has 37 heavy (non-hydrogen) atoms. The van der Waals surface area contributed by atoms with Gasteiger partial charge in [0.15, 0.2) is 11.5 Å². The lowest BCUT2D eigenvalue weighted by molar-refractivity contribution is -0.140. The molecule has 0 radical (unpaired) electrons. The normalized spacial score (nSPS) is 14.1. The first kappa shape index (κ1) is 28.2. The van der Waals surface area contributed by atoms with Gasteiger partial charge in [-0.05, 0) is 56.5 Å². The van der Waals surface area contributed by atoms with Crippen molar-refractivity contribution in [1.29, 1.82) is 0 Å². The maximum Gasteiger partial charge on any atom is 0.242 e. The summed E-state index contributed by atoms with van der Waals surface area (Å²) in [6.07, 6.45) is 2.08. The molecule has 0 saturated heterocycles. The van der Waals surface area contributed by atoms with Gasteiger partial charge in [-0.2, -0.15) is 0 Å². The third kappa shape index (κ3) is 7.58. The number of nitrogens with one attached hydrogen (secondary N) is 1. The van der Waals surface area contributed by atoms with Crippen LogP contribution in [0.2, 0.25) is 0 Å². The van der Waals surface area contributed by atoms with Gasteiger partial charge in [0.05, 0.1) is 11.9 Å². The van der Waals surface area contributed by atoms with E-state index in [0.717, 1.165) is 12.7 Å². The predicted octanol–water partition coefficient (Wildman–Crippen LogP) is 3.43. The molecule has 0 aliphatic carbocycles. The second-order valence-corrected chi connectivity index (χ2v) is 11.0. The molecular weight excluding hydrogens is 501 g/mol. The Morgan fingerprint density at radius 2 is 1.76 bits per heavy atom. The van der Waals surface area contributed by atoms with Crippen molar-refractivity contribution < 1.29 is 31.9 Å². The number of hydrogen-bond donors (Lipinski definition) is 1. The number of sulfonamides is 1. The summed E-state index contributed by atoms with van der Waals surface area (Å²) < 4.78 is 50.3. The van der Waals surface area contributed by atoms with Gasteiger partial charge in [0.25, 0.3) is 0 Å². The highest BCUT2D eigenvalue weighted by molar-refractivity contribution is 7.92. The van der Waals surface area contributed by atoms with Gasteiger partial charge in [-0.25, -0.2) is 12.8 Å². The third-order valence-corrected chi connectivity index (χ3v) is 7.42. The molecular formula is C26H34FN3O6S. The Balaban J connectivity index is 1.72. The maximum absolute atomic E-state index is 13.4. The fraction of sp³-hybridized carbons (Fsp3) is 0.462. The molecule has 0 spiro atoms. The van der Waals surface area contributed by atoms with Gasteiger partial charge in [0, 0.05) is 31.6 Å². The molecule has 0 bridgehead atoms. The molecule has 9 nitrogen and oxygen atoms in total. The van der Waals surface area contributed by atoms with Crippen LogP contribution in [0.4, 0.5) is 10.1 Å². The molecule has 1 heterocycles. The number of rotatable bonds is 12. The SMILES string of the molecule is CC[C@H](C)NC(=O)[C@H](C)N(Cc1ccc(F)cc1)C(=O)CCCN(c1ccc2c(c1)OCO2)S(C)(=O)=O. The summed E-state index contributed by atoms with van der Waals surface area (Å²) in [6, 6.07) is 9.78. The molecule has 2 atom stereocenters. The standard InChI is InChI=1S/C26H34FN3O6S/c1-5-18(2)28-26(32)19(3)29(16-20-8-10-21(27)11-9-20)25(31)7-6-14-30(37(4,33)34)22-12-13-23-24(15-22)36-17-35-23/h8-13,15,18-19H,5-7,14,16-17H2,1-4H3,(H,28,32)/t18-,19-/m0/s1. The lowest BCUT2D eigenvalue weighted by Crippen LogP contribution is -2.49. The van der Waals surface area contributed by atoms with Crippen molar-refractivity contribution in [2.45, 2.75) is 58.7 Å². The first-order chi connectivity index (χ1) is 17.5. The van der Waals surface area contributed by atoms with Gasteiger partial charge in [0.1, 0.15) is 11.9 Å². The van der Waals surface area contributed by atoms with E-state index in [4.69, 9.17) is 9.47 Å². The molecule has 0 aromatic heterocycles. The number of benzene rings is 2. The Morgan fingerprint density at radius 3 is 2.41 bits per heavy atom. The lowest BCUT2D eigenvalue weighted by Gasteiger charge is -2.30. The van der Waals surface area contributed by atoms with Crippen LogP contribution < -0.4 is 19.1 Å². The summed E-state index contributed by atoms with van der Waals surface area (Å²) in [5.41, 5.74) is 1.08. The Hall–Kier alpha value is -3.34. The Morgan fingerprint density at radius 1 is 1.08 bits per heavy atom. The first-order valence-electron chi connectivity index (χ1n) is 12.2. The molecule has 0 saturated carbocycles. The summed E-state index contributed by atoms with van der Waals surface area (Å²) in [4.78, 5) is 27.6. The lowest BCUT2D eigenvalue weighted by atomic mass is 10.1. The van der Waals surface area contributed by atoms with E-state index in [2.05, 4.69) is 5.32 Å². The minimum atomic E-state index is -3.64. The van der Waals surface area contributed by atoms with E-state index < -0.39 is 21.9 Å². The predicted molar refractivity (Wildman–Crippen MR) is 138 cm³/mol. The number of fused-ring (bicyclic) bond motifs is 1. The zero-order chi connectivity index (χ0) is 27.2. The molecule has 2 aromatic carbocycles. The summed E-state index contributed by atoms with van der Waals surface area (Å²) in [7, 11) is -3.64. The Kier molecular flexibility index (Phi) is 9.36. The average Bonchev–Trinajstić information content (AvgIpc) is 3.32. The summed E-state index contributed by atoms with van der Waals surface area (Å²) >= 11 is 0. The van der Waals surface area contributed by atoms with Crippen LogP contribution in [0.3, 0.4) is 0 Å². The van der Waals surface area contributed by atoms with Gasteiger partial charge in [0.2, 0.25) is 28.6 Å². The third-order valence-electron chi connectivity index (χ3n) is 6.23. The molecule has 1 N–H and O–H groups in total. The van der Waals surface area contributed by atoms with E-state index in [1.807, 2.05) is 13.8 Å². The zero-order valence-corrected chi connectivity index (χ0v) is 22.4. The number of amides is 2. The molecule has 2 aromatic rings. The van der Waals surface area contributed by atoms with E-state index in [1.165, 1.54) is 21.3 Å². The maximum atomic E-state index is 13.4. The second kappa shape index (κ2) is 12.3. The largest absolute Gasteiger partial charge is 0.454 e. The van der Waals surface area contributed by atoms with E-state index in [0.29, 0.717) is 22.7 Å². The van der Waals surface area contributed by atoms with Gasteiger partial charge in [-0.3, -0.25) is 13.9 Å². The quantitative estimate of drug-likeness (QED) is 0.447. The summed E-state index contributed by atoms with van der Waals surface area (Å²) in [5.74, 6) is -0.00548. The monoisotopic (exact) mass is 535 g/mol. The van der Waals surface area contributed by atoms with E-state index in [9.17, 15) is 22.4 Å². The van der Waals surface area contributed by atoms with E-state index >= 15 is 0 Å². The van der Waals surface area contributed by atoms with Crippen LogP contribution in [0.5, 0.6) is 11.5 Å². The Labute approximate surface area is 217 Å². The van der Waals surface area contributed by atoms with E-state index in [-0.39, 0.29) is 50.6 Å². The Bertz CT molecular complexity index is 1210. The van der Waals surface area contributed by atoms with E-state index in [1.54, 1.807) is 37.3 Å². The number of ether oxygens (including phenoxy) is 2. The highest BCUT2D eigenvalue weighted by Gasteiger charge is 2.27. The number of carbonyl (C=O) groups excluding carboxylic acids is 2. The number of anilines is 1. The topological polar surface area (TPSA) is 105 Å². The molecule has 11 heteroatoms. The average molecular weight is 536 g/mol. The highest BCUT2D eigenvalue weighted by Crippen LogP contribution is 2.36. The van der Waals surface area contributed by atoms with Crippen molar-refractivity contribution in [2.24, 2.45) is 0 Å².